The van der Waals surface area contributed by atoms with Gasteiger partial charge in [-0.25, -0.2) is 0 Å². The zero-order chi connectivity index (χ0) is 14.1. The lowest BCUT2D eigenvalue weighted by Gasteiger charge is -2.15. The summed E-state index contributed by atoms with van der Waals surface area (Å²) in [5.74, 6) is -0.363. The third-order valence-corrected chi connectivity index (χ3v) is 3.83. The molecular weight excluding hydrogens is 262 g/mol. The molecule has 0 aliphatic rings. The molecule has 0 aliphatic carbocycles. The fourth-order valence-electron chi connectivity index (χ4n) is 1.73. The molecule has 0 saturated carbocycles. The van der Waals surface area contributed by atoms with Gasteiger partial charge in [-0.1, -0.05) is 0 Å². The quantitative estimate of drug-likeness (QED) is 0.656. The minimum Gasteiger partial charge on any atom is -0.494 e. The average molecular weight is 277 g/mol. The number of nitrogens with zero attached hydrogens (tertiary/aromatic N) is 1. The molecule has 1 aromatic heterocycles. The maximum atomic E-state index is 12.0. The Hall–Kier alpha value is -1.38. The van der Waals surface area contributed by atoms with E-state index < -0.39 is 20.9 Å². The lowest BCUT2D eigenvalue weighted by Crippen LogP contribution is -2.29. The normalized spacial score (nSPS) is 13.6. The van der Waals surface area contributed by atoms with E-state index in [0.717, 1.165) is 4.57 Å². The van der Waals surface area contributed by atoms with Crippen LogP contribution in [0.2, 0.25) is 0 Å². The highest BCUT2D eigenvalue weighted by Crippen LogP contribution is 2.23. The molecule has 8 heteroatoms. The zero-order valence-corrected chi connectivity index (χ0v) is 10.8. The van der Waals surface area contributed by atoms with Crippen LogP contribution in [0.15, 0.2) is 10.9 Å². The first-order valence-electron chi connectivity index (χ1n) is 5.20. The van der Waals surface area contributed by atoms with Crippen LogP contribution >= 0.6 is 0 Å². The Morgan fingerprint density at radius 1 is 1.44 bits per heavy atom. The second-order valence-electron chi connectivity index (χ2n) is 3.94. The van der Waals surface area contributed by atoms with Crippen molar-refractivity contribution >= 4 is 10.1 Å². The van der Waals surface area contributed by atoms with Gasteiger partial charge in [0.1, 0.15) is 5.25 Å². The van der Waals surface area contributed by atoms with Gasteiger partial charge in [-0.05, 0) is 19.4 Å². The van der Waals surface area contributed by atoms with Crippen LogP contribution < -0.4 is 5.56 Å². The minimum absolute atomic E-state index is 0.122. The van der Waals surface area contributed by atoms with Gasteiger partial charge < -0.3 is 10.2 Å². The number of aliphatic hydroxyl groups excluding tert-OH is 1. The standard InChI is InChI=1S/C10H15NO6S/c1-6-5-8(13)11(3-4-12)10(14)9(6)7(2)18(15,16)17/h5,7,12-13H,3-4H2,1-2H3,(H,15,16,17). The van der Waals surface area contributed by atoms with E-state index in [1.807, 2.05) is 0 Å². The van der Waals surface area contributed by atoms with Gasteiger partial charge in [0.25, 0.3) is 15.7 Å². The summed E-state index contributed by atoms with van der Waals surface area (Å²) in [6.07, 6.45) is 0. The molecule has 0 aromatic carbocycles. The van der Waals surface area contributed by atoms with Crippen molar-refractivity contribution in [2.24, 2.45) is 0 Å². The Balaban J connectivity index is 3.56. The number of aryl methyl sites for hydroxylation is 1. The molecule has 0 fully saturated rings. The summed E-state index contributed by atoms with van der Waals surface area (Å²) in [6, 6.07) is 1.22. The first-order valence-corrected chi connectivity index (χ1v) is 6.71. The molecule has 0 saturated heterocycles. The molecule has 3 N–H and O–H groups in total. The molecule has 18 heavy (non-hydrogen) atoms. The Morgan fingerprint density at radius 2 is 2.00 bits per heavy atom. The number of aromatic nitrogens is 1. The van der Waals surface area contributed by atoms with Gasteiger partial charge in [0, 0.05) is 11.6 Å². The lowest BCUT2D eigenvalue weighted by atomic mass is 10.1. The molecule has 102 valence electrons. The van der Waals surface area contributed by atoms with Crippen LogP contribution in [0.3, 0.4) is 0 Å². The lowest BCUT2D eigenvalue weighted by molar-refractivity contribution is 0.263. The number of rotatable bonds is 4. The third kappa shape index (κ3) is 2.71. The van der Waals surface area contributed by atoms with Gasteiger partial charge in [-0.2, -0.15) is 8.42 Å². The second-order valence-corrected chi connectivity index (χ2v) is 5.67. The molecular formula is C10H15NO6S. The first kappa shape index (κ1) is 14.7. The van der Waals surface area contributed by atoms with Gasteiger partial charge in [0.05, 0.1) is 13.2 Å². The van der Waals surface area contributed by atoms with Crippen LogP contribution in [0.4, 0.5) is 0 Å². The minimum atomic E-state index is -4.40. The predicted molar refractivity (Wildman–Crippen MR) is 64.2 cm³/mol. The van der Waals surface area contributed by atoms with E-state index >= 15 is 0 Å². The van der Waals surface area contributed by atoms with Crippen LogP contribution in [0.5, 0.6) is 5.88 Å². The van der Waals surface area contributed by atoms with E-state index in [4.69, 9.17) is 9.66 Å². The van der Waals surface area contributed by atoms with E-state index in [9.17, 15) is 18.3 Å². The van der Waals surface area contributed by atoms with Crippen LogP contribution in [-0.4, -0.2) is 34.4 Å². The first-order chi connectivity index (χ1) is 8.20. The van der Waals surface area contributed by atoms with Crippen molar-refractivity contribution in [3.63, 3.8) is 0 Å². The van der Waals surface area contributed by atoms with Crippen LogP contribution in [-0.2, 0) is 16.7 Å². The number of aliphatic hydroxyl groups is 1. The van der Waals surface area contributed by atoms with E-state index in [-0.39, 0.29) is 30.2 Å². The van der Waals surface area contributed by atoms with Crippen molar-refractivity contribution in [2.45, 2.75) is 25.6 Å². The Bertz CT molecular complexity index is 604. The number of hydrogen-bond donors (Lipinski definition) is 3. The molecule has 7 nitrogen and oxygen atoms in total. The molecule has 1 atom stereocenters. The number of aromatic hydroxyl groups is 1. The zero-order valence-electron chi connectivity index (χ0n) is 9.99. The molecule has 1 rings (SSSR count). The van der Waals surface area contributed by atoms with E-state index in [2.05, 4.69) is 0 Å². The smallest absolute Gasteiger partial charge is 0.271 e. The Kier molecular flexibility index (Phi) is 4.15. The monoisotopic (exact) mass is 277 g/mol. The van der Waals surface area contributed by atoms with Crippen molar-refractivity contribution in [1.82, 2.24) is 4.57 Å². The van der Waals surface area contributed by atoms with Gasteiger partial charge in [0.15, 0.2) is 5.88 Å². The van der Waals surface area contributed by atoms with Gasteiger partial charge >= 0.3 is 0 Å². The molecule has 0 amide bonds. The molecule has 1 aromatic rings. The van der Waals surface area contributed by atoms with Gasteiger partial charge in [-0.3, -0.25) is 13.9 Å². The van der Waals surface area contributed by atoms with E-state index in [0.29, 0.717) is 0 Å². The summed E-state index contributed by atoms with van der Waals surface area (Å²) in [6.45, 7) is 2.10. The predicted octanol–water partition coefficient (Wildman–Crippen LogP) is -0.197. The van der Waals surface area contributed by atoms with Gasteiger partial charge in [0.2, 0.25) is 0 Å². The molecule has 1 heterocycles. The van der Waals surface area contributed by atoms with Crippen LogP contribution in [0, 0.1) is 6.92 Å². The highest BCUT2D eigenvalue weighted by atomic mass is 32.2. The van der Waals surface area contributed by atoms with Crippen molar-refractivity contribution in [2.75, 3.05) is 6.61 Å². The topological polar surface area (TPSA) is 117 Å². The second kappa shape index (κ2) is 5.09. The van der Waals surface area contributed by atoms with Crippen molar-refractivity contribution in [1.29, 1.82) is 0 Å². The maximum Gasteiger partial charge on any atom is 0.271 e. The van der Waals surface area contributed by atoms with Crippen molar-refractivity contribution in [3.8, 4) is 5.88 Å². The number of hydrogen-bond acceptors (Lipinski definition) is 5. The van der Waals surface area contributed by atoms with Crippen molar-refractivity contribution in [3.05, 3.63) is 27.5 Å². The largest absolute Gasteiger partial charge is 0.494 e. The summed E-state index contributed by atoms with van der Waals surface area (Å²) in [4.78, 5) is 12.0. The highest BCUT2D eigenvalue weighted by molar-refractivity contribution is 7.86. The summed E-state index contributed by atoms with van der Waals surface area (Å²) < 4.78 is 32.0. The summed E-state index contributed by atoms with van der Waals surface area (Å²) >= 11 is 0. The summed E-state index contributed by atoms with van der Waals surface area (Å²) in [5.41, 5.74) is -0.604. The third-order valence-electron chi connectivity index (χ3n) is 2.70. The average Bonchev–Trinajstić information content (AvgIpc) is 2.22. The molecule has 0 spiro atoms. The fraction of sp³-hybridized carbons (Fsp3) is 0.500. The molecule has 1 unspecified atom stereocenters. The van der Waals surface area contributed by atoms with Crippen LogP contribution in [0.1, 0.15) is 23.3 Å². The SMILES string of the molecule is Cc1cc(O)n(CCO)c(=O)c1C(C)S(=O)(=O)O. The Morgan fingerprint density at radius 3 is 2.44 bits per heavy atom. The molecule has 0 radical (unpaired) electrons. The fourth-order valence-corrected chi connectivity index (χ4v) is 2.31. The molecule has 0 bridgehead atoms. The van der Waals surface area contributed by atoms with Crippen LogP contribution in [0.25, 0.3) is 0 Å². The van der Waals surface area contributed by atoms with E-state index in [1.54, 1.807) is 0 Å². The summed E-state index contributed by atoms with van der Waals surface area (Å²) in [7, 11) is -4.40. The molecule has 0 aliphatic heterocycles. The van der Waals surface area contributed by atoms with Crippen molar-refractivity contribution < 1.29 is 23.2 Å². The van der Waals surface area contributed by atoms with E-state index in [1.165, 1.54) is 19.9 Å². The maximum absolute atomic E-state index is 12.0. The van der Waals surface area contributed by atoms with Gasteiger partial charge in [-0.15, -0.1) is 0 Å². The Labute approximate surface area is 104 Å². The summed E-state index contributed by atoms with van der Waals surface area (Å²) in [5, 5.41) is 16.9. The highest BCUT2D eigenvalue weighted by Gasteiger charge is 2.26. The number of pyridine rings is 1.